The number of nitro benzene ring substituents is 1. The summed E-state index contributed by atoms with van der Waals surface area (Å²) in [6.07, 6.45) is 1.92. The molecule has 0 amide bonds. The van der Waals surface area contributed by atoms with Crippen LogP contribution in [0.1, 0.15) is 30.5 Å². The quantitative estimate of drug-likeness (QED) is 0.480. The van der Waals surface area contributed by atoms with E-state index in [1.54, 1.807) is 6.07 Å². The second kappa shape index (κ2) is 8.35. The fraction of sp³-hybridized carbons (Fsp3) is 0.273. The van der Waals surface area contributed by atoms with Crippen LogP contribution in [0.15, 0.2) is 48.7 Å². The molecule has 0 radical (unpaired) electrons. The summed E-state index contributed by atoms with van der Waals surface area (Å²) in [6.45, 7) is 2.94. The molecule has 3 aromatic rings. The van der Waals surface area contributed by atoms with Crippen LogP contribution < -0.4 is 10.1 Å². The van der Waals surface area contributed by atoms with E-state index in [2.05, 4.69) is 16.4 Å². The normalized spacial score (nSPS) is 16.7. The summed E-state index contributed by atoms with van der Waals surface area (Å²) in [5, 5.41) is 25.2. The number of nitro groups is 1. The van der Waals surface area contributed by atoms with E-state index in [1.165, 1.54) is 12.3 Å². The van der Waals surface area contributed by atoms with Crippen molar-refractivity contribution in [2.75, 3.05) is 18.5 Å². The Labute approximate surface area is 173 Å². The van der Waals surface area contributed by atoms with Crippen LogP contribution >= 0.6 is 0 Å². The summed E-state index contributed by atoms with van der Waals surface area (Å²) in [5.74, 6) is 0.155. The molecule has 2 atom stereocenters. The standard InChI is InChI=1S/C22H20N4O4/c1-14(15-5-3-2-4-6-15)25-22-16(11-23)12-24-19-10-21(30-17-7-8-29-13-17)20(26(27)28)9-18(19)22/h2-6,9-10,12,14,17H,7-8,13H2,1H3,(H,24,25)/t14-,17?/m1/s1. The van der Waals surface area contributed by atoms with Crippen LogP contribution in [0.25, 0.3) is 10.9 Å². The van der Waals surface area contributed by atoms with Crippen molar-refractivity contribution in [2.45, 2.75) is 25.5 Å². The van der Waals surface area contributed by atoms with Crippen LogP contribution in [0.5, 0.6) is 5.75 Å². The van der Waals surface area contributed by atoms with Crippen molar-refractivity contribution in [3.8, 4) is 11.8 Å². The van der Waals surface area contributed by atoms with Gasteiger partial charge in [-0.1, -0.05) is 30.3 Å². The number of nitrogens with zero attached hydrogens (tertiary/aromatic N) is 3. The minimum absolute atomic E-state index is 0.116. The number of anilines is 1. The Kier molecular flexibility index (Phi) is 5.46. The lowest BCUT2D eigenvalue weighted by Gasteiger charge is -2.19. The lowest BCUT2D eigenvalue weighted by atomic mass is 10.0. The summed E-state index contributed by atoms with van der Waals surface area (Å²) in [6, 6.07) is 14.7. The Hall–Kier alpha value is -3.70. The highest BCUT2D eigenvalue weighted by atomic mass is 16.6. The number of fused-ring (bicyclic) bond motifs is 1. The second-order valence-corrected chi connectivity index (χ2v) is 7.13. The number of pyridine rings is 1. The van der Waals surface area contributed by atoms with E-state index in [-0.39, 0.29) is 23.6 Å². The van der Waals surface area contributed by atoms with E-state index in [9.17, 15) is 15.4 Å². The minimum Gasteiger partial charge on any atom is -0.481 e. The molecule has 152 valence electrons. The average molecular weight is 404 g/mol. The highest BCUT2D eigenvalue weighted by molar-refractivity contribution is 5.96. The number of hydrogen-bond acceptors (Lipinski definition) is 7. The van der Waals surface area contributed by atoms with Gasteiger partial charge in [-0.05, 0) is 12.5 Å². The van der Waals surface area contributed by atoms with Gasteiger partial charge in [-0.3, -0.25) is 15.1 Å². The summed E-state index contributed by atoms with van der Waals surface area (Å²) in [4.78, 5) is 15.6. The third-order valence-electron chi connectivity index (χ3n) is 5.11. The lowest BCUT2D eigenvalue weighted by molar-refractivity contribution is -0.385. The number of aromatic nitrogens is 1. The average Bonchev–Trinajstić information content (AvgIpc) is 3.27. The number of benzene rings is 2. The fourth-order valence-corrected chi connectivity index (χ4v) is 3.51. The molecule has 0 bridgehead atoms. The van der Waals surface area contributed by atoms with Gasteiger partial charge in [0.25, 0.3) is 0 Å². The molecule has 1 fully saturated rings. The largest absolute Gasteiger partial charge is 0.481 e. The van der Waals surface area contributed by atoms with Gasteiger partial charge >= 0.3 is 5.69 Å². The van der Waals surface area contributed by atoms with Gasteiger partial charge in [0.1, 0.15) is 12.2 Å². The molecular weight excluding hydrogens is 384 g/mol. The van der Waals surface area contributed by atoms with Crippen LogP contribution in [0.2, 0.25) is 0 Å². The van der Waals surface area contributed by atoms with Gasteiger partial charge in [-0.15, -0.1) is 0 Å². The third kappa shape index (κ3) is 3.88. The zero-order valence-corrected chi connectivity index (χ0v) is 16.4. The van der Waals surface area contributed by atoms with Crippen molar-refractivity contribution >= 4 is 22.3 Å². The van der Waals surface area contributed by atoms with E-state index in [4.69, 9.17) is 9.47 Å². The highest BCUT2D eigenvalue weighted by Crippen LogP contribution is 2.38. The van der Waals surface area contributed by atoms with Crippen molar-refractivity contribution in [1.29, 1.82) is 5.26 Å². The van der Waals surface area contributed by atoms with Gasteiger partial charge in [0, 0.05) is 36.2 Å². The Morgan fingerprint density at radius 2 is 2.17 bits per heavy atom. The Morgan fingerprint density at radius 1 is 1.37 bits per heavy atom. The molecule has 2 heterocycles. The Balaban J connectivity index is 1.79. The third-order valence-corrected chi connectivity index (χ3v) is 5.11. The van der Waals surface area contributed by atoms with Crippen molar-refractivity contribution < 1.29 is 14.4 Å². The Morgan fingerprint density at radius 3 is 2.83 bits per heavy atom. The van der Waals surface area contributed by atoms with E-state index >= 15 is 0 Å². The zero-order chi connectivity index (χ0) is 21.1. The van der Waals surface area contributed by atoms with Crippen LogP contribution in [0.4, 0.5) is 11.4 Å². The van der Waals surface area contributed by atoms with E-state index in [1.807, 2.05) is 37.3 Å². The molecule has 1 aromatic heterocycles. The summed E-state index contributed by atoms with van der Waals surface area (Å²) in [7, 11) is 0. The van der Waals surface area contributed by atoms with Crippen molar-refractivity contribution in [3.63, 3.8) is 0 Å². The predicted molar refractivity (Wildman–Crippen MR) is 111 cm³/mol. The SMILES string of the molecule is C[C@@H](Nc1c(C#N)cnc2cc(OC3CCOC3)c([N+](=O)[O-])cc12)c1ccccc1. The topological polar surface area (TPSA) is 110 Å². The molecule has 1 aliphatic heterocycles. The van der Waals surface area contributed by atoms with Gasteiger partial charge in [-0.2, -0.15) is 5.26 Å². The van der Waals surface area contributed by atoms with Crippen LogP contribution in [-0.4, -0.2) is 29.2 Å². The molecule has 30 heavy (non-hydrogen) atoms. The minimum atomic E-state index is -0.478. The molecule has 0 aliphatic carbocycles. The number of nitriles is 1. The molecular formula is C22H20N4O4. The Bertz CT molecular complexity index is 1120. The molecule has 1 unspecified atom stereocenters. The number of nitrogens with one attached hydrogen (secondary N) is 1. The maximum Gasteiger partial charge on any atom is 0.311 e. The molecule has 1 saturated heterocycles. The van der Waals surface area contributed by atoms with Gasteiger partial charge < -0.3 is 14.8 Å². The lowest BCUT2D eigenvalue weighted by Crippen LogP contribution is -2.16. The van der Waals surface area contributed by atoms with Crippen LogP contribution in [-0.2, 0) is 4.74 Å². The van der Waals surface area contributed by atoms with E-state index in [0.717, 1.165) is 5.56 Å². The van der Waals surface area contributed by atoms with E-state index < -0.39 is 4.92 Å². The molecule has 4 rings (SSSR count). The number of ether oxygens (including phenoxy) is 2. The first-order valence-corrected chi connectivity index (χ1v) is 9.64. The fourth-order valence-electron chi connectivity index (χ4n) is 3.51. The van der Waals surface area contributed by atoms with Crippen LogP contribution in [0.3, 0.4) is 0 Å². The van der Waals surface area contributed by atoms with Gasteiger partial charge in [0.15, 0.2) is 5.75 Å². The van der Waals surface area contributed by atoms with Gasteiger partial charge in [0.2, 0.25) is 0 Å². The monoisotopic (exact) mass is 404 g/mol. The predicted octanol–water partition coefficient (Wildman–Crippen LogP) is 4.36. The molecule has 8 nitrogen and oxygen atoms in total. The number of rotatable bonds is 6. The maximum absolute atomic E-state index is 11.7. The van der Waals surface area contributed by atoms with Crippen LogP contribution in [0, 0.1) is 21.4 Å². The second-order valence-electron chi connectivity index (χ2n) is 7.13. The number of hydrogen-bond donors (Lipinski definition) is 1. The first-order chi connectivity index (χ1) is 14.6. The summed E-state index contributed by atoms with van der Waals surface area (Å²) in [5.41, 5.74) is 2.20. The molecule has 1 aliphatic rings. The van der Waals surface area contributed by atoms with Crippen molar-refractivity contribution in [3.05, 3.63) is 69.9 Å². The molecule has 0 spiro atoms. The maximum atomic E-state index is 11.7. The summed E-state index contributed by atoms with van der Waals surface area (Å²) >= 11 is 0. The van der Waals surface area contributed by atoms with E-state index in [0.29, 0.717) is 41.8 Å². The van der Waals surface area contributed by atoms with Crippen molar-refractivity contribution in [2.24, 2.45) is 0 Å². The first-order valence-electron chi connectivity index (χ1n) is 9.64. The molecule has 2 aromatic carbocycles. The van der Waals surface area contributed by atoms with Crippen molar-refractivity contribution in [1.82, 2.24) is 4.98 Å². The highest BCUT2D eigenvalue weighted by Gasteiger charge is 2.25. The molecule has 1 N–H and O–H groups in total. The first kappa shape index (κ1) is 19.6. The zero-order valence-electron chi connectivity index (χ0n) is 16.4. The van der Waals surface area contributed by atoms with Gasteiger partial charge in [-0.25, -0.2) is 0 Å². The van der Waals surface area contributed by atoms with Gasteiger partial charge in [0.05, 0.1) is 34.9 Å². The summed E-state index contributed by atoms with van der Waals surface area (Å²) < 4.78 is 11.1. The molecule has 8 heteroatoms. The molecule has 0 saturated carbocycles. The smallest absolute Gasteiger partial charge is 0.311 e.